The van der Waals surface area contributed by atoms with Gasteiger partial charge in [0.15, 0.2) is 11.6 Å². The summed E-state index contributed by atoms with van der Waals surface area (Å²) in [5.74, 6) is -0.573. The number of carbonyl (C=O) groups excluding carboxylic acids is 1. The van der Waals surface area contributed by atoms with Crippen LogP contribution >= 0.6 is 11.3 Å². The number of primary amides is 1. The zero-order valence-corrected chi connectivity index (χ0v) is 23.9. The lowest BCUT2D eigenvalue weighted by Crippen LogP contribution is -2.35. The highest BCUT2D eigenvalue weighted by molar-refractivity contribution is 7.16. The molecule has 1 saturated heterocycles. The number of nitrogens with zero attached hydrogens (tertiary/aromatic N) is 5. The van der Waals surface area contributed by atoms with Gasteiger partial charge in [-0.05, 0) is 50.6 Å². The summed E-state index contributed by atoms with van der Waals surface area (Å²) in [5, 5.41) is 4.95. The first-order chi connectivity index (χ1) is 19.8. The molecule has 3 aromatic heterocycles. The predicted molar refractivity (Wildman–Crippen MR) is 156 cm³/mol. The van der Waals surface area contributed by atoms with Crippen molar-refractivity contribution in [2.24, 2.45) is 12.8 Å². The van der Waals surface area contributed by atoms with Gasteiger partial charge < -0.3 is 20.1 Å². The topological polar surface area (TPSA) is 100 Å². The van der Waals surface area contributed by atoms with Gasteiger partial charge in [-0.1, -0.05) is 18.2 Å². The van der Waals surface area contributed by atoms with E-state index in [0.717, 1.165) is 48.1 Å². The molecule has 0 bridgehead atoms. The zero-order chi connectivity index (χ0) is 28.7. The van der Waals surface area contributed by atoms with Gasteiger partial charge in [0.25, 0.3) is 5.91 Å². The monoisotopic (exact) mass is 574 g/mol. The van der Waals surface area contributed by atoms with E-state index in [4.69, 9.17) is 15.2 Å². The maximum Gasteiger partial charge on any atom is 0.262 e. The summed E-state index contributed by atoms with van der Waals surface area (Å²) in [6.45, 7) is 3.58. The van der Waals surface area contributed by atoms with Crippen LogP contribution in [0.3, 0.4) is 0 Å². The Hall–Kier alpha value is -4.22. The number of hydrogen-bond donors (Lipinski definition) is 1. The quantitative estimate of drug-likeness (QED) is 0.269. The standard InChI is InChI=1S/C30H31FN6O3S/c1-18(22-5-4-6-25(28(22)31)40-21-9-11-35(2)12-10-21)39-26-14-27(41-29(26)30(32)38)37-17-33-23-13-19(7-8-24(23)37)20-15-34-36(3)16-20/h4-8,13-18,21H,9-12H2,1-3H3,(H2,32,38)/t18-/m1/s1. The molecule has 41 heavy (non-hydrogen) atoms. The number of halogens is 1. The molecule has 2 N–H and O–H groups in total. The van der Waals surface area contributed by atoms with Gasteiger partial charge in [-0.15, -0.1) is 11.3 Å². The van der Waals surface area contributed by atoms with Crippen LogP contribution in [-0.4, -0.2) is 56.4 Å². The van der Waals surface area contributed by atoms with E-state index in [-0.39, 0.29) is 16.7 Å². The first kappa shape index (κ1) is 27.0. The molecule has 1 fully saturated rings. The summed E-state index contributed by atoms with van der Waals surface area (Å²) < 4.78 is 31.4. The summed E-state index contributed by atoms with van der Waals surface area (Å²) in [6.07, 6.45) is 6.42. The molecule has 1 aliphatic heterocycles. The van der Waals surface area contributed by atoms with Crippen molar-refractivity contribution in [2.45, 2.75) is 32.0 Å². The molecule has 6 rings (SSSR count). The Labute approximate surface area is 240 Å². The number of carbonyl (C=O) groups is 1. The first-order valence-electron chi connectivity index (χ1n) is 13.5. The number of fused-ring (bicyclic) bond motifs is 1. The third-order valence-electron chi connectivity index (χ3n) is 7.43. The van der Waals surface area contributed by atoms with E-state index in [0.29, 0.717) is 16.3 Å². The van der Waals surface area contributed by atoms with Crippen molar-refractivity contribution in [2.75, 3.05) is 20.1 Å². The second-order valence-corrected chi connectivity index (χ2v) is 11.4. The van der Waals surface area contributed by atoms with Gasteiger partial charge >= 0.3 is 0 Å². The number of piperidine rings is 1. The van der Waals surface area contributed by atoms with Crippen LogP contribution < -0.4 is 15.2 Å². The molecule has 212 valence electrons. The first-order valence-corrected chi connectivity index (χ1v) is 14.3. The van der Waals surface area contributed by atoms with Gasteiger partial charge in [0.2, 0.25) is 0 Å². The van der Waals surface area contributed by atoms with E-state index in [9.17, 15) is 4.79 Å². The van der Waals surface area contributed by atoms with Crippen molar-refractivity contribution in [3.8, 4) is 27.6 Å². The molecule has 9 nitrogen and oxygen atoms in total. The molecule has 1 amide bonds. The molecule has 0 spiro atoms. The third-order valence-corrected chi connectivity index (χ3v) is 8.56. The fourth-order valence-electron chi connectivity index (χ4n) is 5.15. The molecule has 0 aliphatic carbocycles. The summed E-state index contributed by atoms with van der Waals surface area (Å²) in [7, 11) is 3.95. The second-order valence-electron chi connectivity index (χ2n) is 10.4. The van der Waals surface area contributed by atoms with E-state index in [1.54, 1.807) is 48.4 Å². The number of aromatic nitrogens is 4. The molecule has 11 heteroatoms. The van der Waals surface area contributed by atoms with Crippen molar-refractivity contribution < 1.29 is 18.7 Å². The molecule has 1 aliphatic rings. The van der Waals surface area contributed by atoms with Gasteiger partial charge in [-0.3, -0.25) is 14.0 Å². The molecule has 1 atom stereocenters. The van der Waals surface area contributed by atoms with E-state index < -0.39 is 17.8 Å². The molecule has 0 radical (unpaired) electrons. The Morgan fingerprint density at radius 3 is 2.66 bits per heavy atom. The van der Waals surface area contributed by atoms with Crippen molar-refractivity contribution in [3.05, 3.63) is 77.4 Å². The van der Waals surface area contributed by atoms with Gasteiger partial charge in [0, 0.05) is 43.5 Å². The van der Waals surface area contributed by atoms with E-state index >= 15 is 4.39 Å². The van der Waals surface area contributed by atoms with Gasteiger partial charge in [-0.25, -0.2) is 9.37 Å². The Morgan fingerprint density at radius 2 is 1.93 bits per heavy atom. The van der Waals surface area contributed by atoms with Crippen molar-refractivity contribution in [1.82, 2.24) is 24.2 Å². The van der Waals surface area contributed by atoms with Crippen LogP contribution in [0.1, 0.15) is 41.1 Å². The maximum absolute atomic E-state index is 15.6. The van der Waals surface area contributed by atoms with Crippen LogP contribution in [0.25, 0.3) is 27.2 Å². The Bertz CT molecular complexity index is 1720. The van der Waals surface area contributed by atoms with E-state index in [1.807, 2.05) is 36.0 Å². The fourth-order valence-corrected chi connectivity index (χ4v) is 6.07. The largest absolute Gasteiger partial charge is 0.487 e. The lowest BCUT2D eigenvalue weighted by atomic mass is 10.1. The third kappa shape index (κ3) is 5.42. The van der Waals surface area contributed by atoms with Crippen LogP contribution in [-0.2, 0) is 7.05 Å². The molecular weight excluding hydrogens is 543 g/mol. The smallest absolute Gasteiger partial charge is 0.262 e. The summed E-state index contributed by atoms with van der Waals surface area (Å²) >= 11 is 1.20. The van der Waals surface area contributed by atoms with Gasteiger partial charge in [0.1, 0.15) is 34.2 Å². The lowest BCUT2D eigenvalue weighted by molar-refractivity contribution is 0.0997. The molecule has 2 aromatic carbocycles. The highest BCUT2D eigenvalue weighted by Crippen LogP contribution is 2.37. The fraction of sp³-hybridized carbons (Fsp3) is 0.300. The van der Waals surface area contributed by atoms with Crippen molar-refractivity contribution in [1.29, 1.82) is 0 Å². The number of amides is 1. The normalized spacial score (nSPS) is 15.3. The highest BCUT2D eigenvalue weighted by Gasteiger charge is 2.24. The van der Waals surface area contributed by atoms with Crippen LogP contribution in [0, 0.1) is 5.82 Å². The highest BCUT2D eigenvalue weighted by atomic mass is 32.1. The average Bonchev–Trinajstić information content (AvgIpc) is 3.69. The number of likely N-dealkylation sites (tertiary alicyclic amines) is 1. The zero-order valence-electron chi connectivity index (χ0n) is 23.1. The van der Waals surface area contributed by atoms with Crippen molar-refractivity contribution in [3.63, 3.8) is 0 Å². The number of nitrogens with two attached hydrogens (primary N) is 1. The van der Waals surface area contributed by atoms with Gasteiger partial charge in [0.05, 0.1) is 17.2 Å². The average molecular weight is 575 g/mol. The van der Waals surface area contributed by atoms with Crippen molar-refractivity contribution >= 4 is 28.3 Å². The molecule has 5 aromatic rings. The van der Waals surface area contributed by atoms with E-state index in [2.05, 4.69) is 22.0 Å². The number of thiophene rings is 1. The number of ether oxygens (including phenoxy) is 2. The number of hydrogen-bond acceptors (Lipinski definition) is 7. The van der Waals surface area contributed by atoms with Crippen LogP contribution in [0.15, 0.2) is 61.2 Å². The summed E-state index contributed by atoms with van der Waals surface area (Å²) in [6, 6.07) is 12.8. The molecule has 0 saturated carbocycles. The summed E-state index contributed by atoms with van der Waals surface area (Å²) in [4.78, 5) is 19.4. The number of rotatable bonds is 8. The second kappa shape index (κ2) is 11.0. The summed E-state index contributed by atoms with van der Waals surface area (Å²) in [5.41, 5.74) is 9.71. The Morgan fingerprint density at radius 1 is 1.12 bits per heavy atom. The molecule has 4 heterocycles. The minimum absolute atomic E-state index is 0.0292. The number of benzene rings is 2. The molecular formula is C30H31FN6O3S. The lowest BCUT2D eigenvalue weighted by Gasteiger charge is -2.29. The minimum Gasteiger partial charge on any atom is -0.487 e. The minimum atomic E-state index is -0.696. The van der Waals surface area contributed by atoms with Crippen LogP contribution in [0.5, 0.6) is 11.5 Å². The SMILES string of the molecule is C[C@@H](Oc1cc(-n2cnc3cc(-c4cnn(C)c4)ccc32)sc1C(N)=O)c1cccc(OC2CCN(C)CC2)c1F. The Kier molecular flexibility index (Phi) is 7.22. The van der Waals surface area contributed by atoms with E-state index in [1.165, 1.54) is 11.3 Å². The van der Waals surface area contributed by atoms with Crippen LogP contribution in [0.4, 0.5) is 4.39 Å². The number of aryl methyl sites for hydroxylation is 1. The van der Waals surface area contributed by atoms with Crippen LogP contribution in [0.2, 0.25) is 0 Å². The van der Waals surface area contributed by atoms with Gasteiger partial charge in [-0.2, -0.15) is 5.10 Å². The Balaban J connectivity index is 1.25. The molecule has 0 unspecified atom stereocenters. The maximum atomic E-state index is 15.6. The predicted octanol–water partition coefficient (Wildman–Crippen LogP) is 5.34. The number of imidazole rings is 1.